The molecule has 0 spiro atoms. The van der Waals surface area contributed by atoms with Crippen LogP contribution in [0.15, 0.2) is 67.0 Å². The van der Waals surface area contributed by atoms with Gasteiger partial charge in [0.25, 0.3) is 0 Å². The molecule has 0 fully saturated rings. The van der Waals surface area contributed by atoms with Gasteiger partial charge in [-0.2, -0.15) is 5.26 Å². The van der Waals surface area contributed by atoms with Crippen molar-refractivity contribution in [1.29, 1.82) is 5.26 Å². The highest BCUT2D eigenvalue weighted by molar-refractivity contribution is 5.90. The van der Waals surface area contributed by atoms with Gasteiger partial charge in [0.1, 0.15) is 5.65 Å². The summed E-state index contributed by atoms with van der Waals surface area (Å²) in [6, 6.07) is 19.1. The monoisotopic (exact) mass is 381 g/mol. The summed E-state index contributed by atoms with van der Waals surface area (Å²) >= 11 is 0. The number of aryl methyl sites for hydroxylation is 1. The van der Waals surface area contributed by atoms with Crippen LogP contribution in [-0.4, -0.2) is 22.0 Å². The van der Waals surface area contributed by atoms with Gasteiger partial charge in [-0.1, -0.05) is 24.3 Å². The molecule has 0 aliphatic rings. The number of rotatable bonds is 4. The molecule has 0 radical (unpaired) electrons. The van der Waals surface area contributed by atoms with E-state index >= 15 is 0 Å². The summed E-state index contributed by atoms with van der Waals surface area (Å²) in [5, 5.41) is 9.01. The third-order valence-corrected chi connectivity index (χ3v) is 4.87. The Morgan fingerprint density at radius 2 is 1.79 bits per heavy atom. The lowest BCUT2D eigenvalue weighted by atomic mass is 10.0. The van der Waals surface area contributed by atoms with Gasteiger partial charge in [0.05, 0.1) is 35.7 Å². The zero-order valence-electron chi connectivity index (χ0n) is 16.2. The van der Waals surface area contributed by atoms with Crippen molar-refractivity contribution in [2.45, 2.75) is 13.8 Å². The second kappa shape index (κ2) is 7.61. The lowest BCUT2D eigenvalue weighted by Crippen LogP contribution is -2.04. The quantitative estimate of drug-likeness (QED) is 0.465. The molecule has 0 bridgehead atoms. The van der Waals surface area contributed by atoms with Crippen LogP contribution in [0.4, 0.5) is 0 Å². The average molecular weight is 381 g/mol. The predicted octanol–water partition coefficient (Wildman–Crippen LogP) is 5.03. The first-order valence-electron chi connectivity index (χ1n) is 9.36. The zero-order chi connectivity index (χ0) is 20.4. The number of aromatic nitrogens is 2. The Bertz CT molecular complexity index is 1230. The number of imidazole rings is 1. The van der Waals surface area contributed by atoms with E-state index in [2.05, 4.69) is 17.3 Å². The van der Waals surface area contributed by atoms with Gasteiger partial charge in [0.15, 0.2) is 0 Å². The molecule has 0 N–H and O–H groups in total. The van der Waals surface area contributed by atoms with Crippen LogP contribution >= 0.6 is 0 Å². The van der Waals surface area contributed by atoms with Crippen molar-refractivity contribution in [3.8, 4) is 28.5 Å². The van der Waals surface area contributed by atoms with Crippen molar-refractivity contribution in [2.75, 3.05) is 6.61 Å². The van der Waals surface area contributed by atoms with Crippen molar-refractivity contribution in [3.05, 3.63) is 83.7 Å². The largest absolute Gasteiger partial charge is 0.462 e. The summed E-state index contributed by atoms with van der Waals surface area (Å²) in [4.78, 5) is 16.4. The van der Waals surface area contributed by atoms with E-state index in [1.807, 2.05) is 47.9 Å². The molecule has 0 aliphatic heterocycles. The summed E-state index contributed by atoms with van der Waals surface area (Å²) < 4.78 is 7.10. The molecule has 0 saturated carbocycles. The molecule has 2 aromatic carbocycles. The van der Waals surface area contributed by atoms with E-state index in [1.54, 1.807) is 31.2 Å². The van der Waals surface area contributed by atoms with E-state index in [9.17, 15) is 4.79 Å². The molecule has 0 amide bonds. The Morgan fingerprint density at radius 1 is 1.10 bits per heavy atom. The third-order valence-electron chi connectivity index (χ3n) is 4.87. The summed E-state index contributed by atoms with van der Waals surface area (Å²) in [5.41, 5.74) is 7.12. The fourth-order valence-electron chi connectivity index (χ4n) is 3.35. The second-order valence-electron chi connectivity index (χ2n) is 6.73. The number of carbonyl (C=O) groups excluding carboxylic acids is 1. The fourth-order valence-corrected chi connectivity index (χ4v) is 3.35. The first kappa shape index (κ1) is 18.5. The number of fused-ring (bicyclic) bond motifs is 1. The summed E-state index contributed by atoms with van der Waals surface area (Å²) in [6.45, 7) is 4.20. The minimum absolute atomic E-state index is 0.316. The molecule has 2 aromatic heterocycles. The van der Waals surface area contributed by atoms with Gasteiger partial charge in [-0.25, -0.2) is 9.78 Å². The van der Waals surface area contributed by atoms with Crippen LogP contribution in [0.1, 0.15) is 28.4 Å². The van der Waals surface area contributed by atoms with E-state index in [0.29, 0.717) is 17.7 Å². The van der Waals surface area contributed by atoms with Crippen LogP contribution < -0.4 is 0 Å². The predicted molar refractivity (Wildman–Crippen MR) is 111 cm³/mol. The van der Waals surface area contributed by atoms with Crippen molar-refractivity contribution < 1.29 is 9.53 Å². The number of esters is 1. The van der Waals surface area contributed by atoms with E-state index in [0.717, 1.165) is 33.6 Å². The Balaban J connectivity index is 1.76. The number of benzene rings is 2. The maximum Gasteiger partial charge on any atom is 0.338 e. The van der Waals surface area contributed by atoms with Crippen molar-refractivity contribution >= 4 is 11.6 Å². The fraction of sp³-hybridized carbons (Fsp3) is 0.125. The van der Waals surface area contributed by atoms with E-state index in [4.69, 9.17) is 10.00 Å². The Hall–Kier alpha value is -3.91. The van der Waals surface area contributed by atoms with Crippen molar-refractivity contribution in [1.82, 2.24) is 9.38 Å². The lowest BCUT2D eigenvalue weighted by Gasteiger charge is -2.10. The van der Waals surface area contributed by atoms with Crippen LogP contribution in [-0.2, 0) is 4.74 Å². The van der Waals surface area contributed by atoms with Crippen molar-refractivity contribution in [2.24, 2.45) is 0 Å². The minimum atomic E-state index is -0.316. The van der Waals surface area contributed by atoms with E-state index < -0.39 is 0 Å². The van der Waals surface area contributed by atoms with Crippen molar-refractivity contribution in [3.63, 3.8) is 0 Å². The third kappa shape index (κ3) is 3.48. The van der Waals surface area contributed by atoms with Gasteiger partial charge in [0, 0.05) is 17.3 Å². The first-order chi connectivity index (χ1) is 14.1. The molecule has 4 rings (SSSR count). The SMILES string of the molecule is CCOC(=O)c1ccc(-c2cn3c(-c4ccc(C#N)cc4)cnc3cc2C)cc1. The zero-order valence-corrected chi connectivity index (χ0v) is 16.2. The van der Waals surface area contributed by atoms with Crippen LogP contribution in [0, 0.1) is 18.3 Å². The molecule has 0 unspecified atom stereocenters. The van der Waals surface area contributed by atoms with Crippen LogP contribution in [0.25, 0.3) is 28.0 Å². The molecule has 5 nitrogen and oxygen atoms in total. The van der Waals surface area contributed by atoms with Gasteiger partial charge >= 0.3 is 5.97 Å². The van der Waals surface area contributed by atoms with E-state index in [1.165, 1.54) is 0 Å². The molecular weight excluding hydrogens is 362 g/mol. The van der Waals surface area contributed by atoms with Crippen LogP contribution in [0.5, 0.6) is 0 Å². The molecule has 0 saturated heterocycles. The van der Waals surface area contributed by atoms with Gasteiger partial charge in [-0.05, 0) is 55.3 Å². The molecule has 2 heterocycles. The highest BCUT2D eigenvalue weighted by Gasteiger charge is 2.12. The number of ether oxygens (including phenoxy) is 1. The number of nitrogens with zero attached hydrogens (tertiary/aromatic N) is 3. The number of nitriles is 1. The molecule has 0 atom stereocenters. The Labute approximate surface area is 168 Å². The molecule has 142 valence electrons. The summed E-state index contributed by atoms with van der Waals surface area (Å²) in [6.07, 6.45) is 3.90. The van der Waals surface area contributed by atoms with Gasteiger partial charge < -0.3 is 4.74 Å². The average Bonchev–Trinajstić information content (AvgIpc) is 3.16. The van der Waals surface area contributed by atoms with Crippen LogP contribution in [0.3, 0.4) is 0 Å². The van der Waals surface area contributed by atoms with Gasteiger partial charge in [-0.3, -0.25) is 4.40 Å². The van der Waals surface area contributed by atoms with E-state index in [-0.39, 0.29) is 5.97 Å². The summed E-state index contributed by atoms with van der Waals surface area (Å²) in [7, 11) is 0. The van der Waals surface area contributed by atoms with Gasteiger partial charge in [0.2, 0.25) is 0 Å². The highest BCUT2D eigenvalue weighted by atomic mass is 16.5. The first-order valence-corrected chi connectivity index (χ1v) is 9.36. The molecule has 29 heavy (non-hydrogen) atoms. The Morgan fingerprint density at radius 3 is 2.45 bits per heavy atom. The smallest absolute Gasteiger partial charge is 0.338 e. The second-order valence-corrected chi connectivity index (χ2v) is 6.73. The number of hydrogen-bond acceptors (Lipinski definition) is 4. The maximum atomic E-state index is 11.9. The maximum absolute atomic E-state index is 11.9. The highest BCUT2D eigenvalue weighted by Crippen LogP contribution is 2.28. The Kier molecular flexibility index (Phi) is 4.84. The number of carbonyl (C=O) groups is 1. The molecule has 4 aromatic rings. The van der Waals surface area contributed by atoms with Crippen LogP contribution in [0.2, 0.25) is 0 Å². The molecule has 5 heteroatoms. The molecular formula is C24H19N3O2. The number of hydrogen-bond donors (Lipinski definition) is 0. The summed E-state index contributed by atoms with van der Waals surface area (Å²) in [5.74, 6) is -0.316. The normalized spacial score (nSPS) is 10.7. The minimum Gasteiger partial charge on any atom is -0.462 e. The molecule has 0 aliphatic carbocycles. The topological polar surface area (TPSA) is 67.4 Å². The standard InChI is InChI=1S/C24H19N3O2/c1-3-29-24(28)20-10-8-18(9-11-20)21-15-27-22(14-26-23(27)12-16(21)2)19-6-4-17(13-25)5-7-19/h4-12,14-15H,3H2,1-2H3. The lowest BCUT2D eigenvalue weighted by molar-refractivity contribution is 0.0526. The number of pyridine rings is 1. The van der Waals surface area contributed by atoms with Gasteiger partial charge in [-0.15, -0.1) is 0 Å².